The quantitative estimate of drug-likeness (QED) is 0.430. The number of non-ortho nitro benzene ring substituents is 1. The maximum atomic E-state index is 12.6. The van der Waals surface area contributed by atoms with E-state index >= 15 is 0 Å². The van der Waals surface area contributed by atoms with E-state index in [0.717, 1.165) is 12.1 Å². The molecule has 0 saturated carbocycles. The summed E-state index contributed by atoms with van der Waals surface area (Å²) in [6.07, 6.45) is -3.90. The molecule has 6 nitrogen and oxygen atoms in total. The van der Waals surface area contributed by atoms with Gasteiger partial charge in [0.25, 0.3) is 5.69 Å². The molecule has 0 fully saturated rings. The minimum Gasteiger partial charge on any atom is -0.385 e. The zero-order valence-corrected chi connectivity index (χ0v) is 13.5. The smallest absolute Gasteiger partial charge is 0.385 e. The van der Waals surface area contributed by atoms with E-state index in [0.29, 0.717) is 18.7 Å². The lowest BCUT2D eigenvalue weighted by Gasteiger charge is -2.10. The number of rotatable bonds is 7. The zero-order chi connectivity index (χ0) is 19.2. The van der Waals surface area contributed by atoms with Gasteiger partial charge in [0, 0.05) is 36.5 Å². The molecular weight excluding hydrogens is 351 g/mol. The average Bonchev–Trinajstić information content (AvgIpc) is 2.58. The molecule has 0 aliphatic rings. The summed E-state index contributed by atoms with van der Waals surface area (Å²) in [5.41, 5.74) is -0.0757. The van der Waals surface area contributed by atoms with E-state index < -0.39 is 22.6 Å². The van der Waals surface area contributed by atoms with Crippen molar-refractivity contribution in [3.8, 4) is 0 Å². The van der Waals surface area contributed by atoms with Gasteiger partial charge in [-0.1, -0.05) is 6.07 Å². The third kappa shape index (κ3) is 5.76. The Hall–Kier alpha value is -3.10. The number of alkyl halides is 3. The van der Waals surface area contributed by atoms with Gasteiger partial charge in [-0.25, -0.2) is 0 Å². The minimum atomic E-state index is -4.46. The van der Waals surface area contributed by atoms with Crippen molar-refractivity contribution >= 4 is 23.0 Å². The van der Waals surface area contributed by atoms with Gasteiger partial charge in [-0.2, -0.15) is 13.2 Å². The van der Waals surface area contributed by atoms with Crippen LogP contribution in [0.15, 0.2) is 48.5 Å². The zero-order valence-electron chi connectivity index (χ0n) is 13.5. The molecule has 0 radical (unpaired) electrons. The molecule has 0 aliphatic heterocycles. The summed E-state index contributed by atoms with van der Waals surface area (Å²) in [7, 11) is 0. The second kappa shape index (κ2) is 8.32. The van der Waals surface area contributed by atoms with Crippen LogP contribution >= 0.6 is 0 Å². The van der Waals surface area contributed by atoms with Crippen LogP contribution in [-0.2, 0) is 11.0 Å². The van der Waals surface area contributed by atoms with Gasteiger partial charge < -0.3 is 10.6 Å². The van der Waals surface area contributed by atoms with E-state index in [2.05, 4.69) is 10.6 Å². The largest absolute Gasteiger partial charge is 0.416 e. The summed E-state index contributed by atoms with van der Waals surface area (Å²) in [5.74, 6) is -0.394. The van der Waals surface area contributed by atoms with Crippen molar-refractivity contribution in [2.75, 3.05) is 17.2 Å². The van der Waals surface area contributed by atoms with E-state index in [1.807, 2.05) is 0 Å². The number of amides is 1. The molecule has 0 unspecified atom stereocenters. The molecule has 9 heteroatoms. The Kier molecular flexibility index (Phi) is 6.16. The molecule has 0 aliphatic carbocycles. The number of nitrogens with one attached hydrogen (secondary N) is 2. The van der Waals surface area contributed by atoms with Crippen molar-refractivity contribution in [3.63, 3.8) is 0 Å². The SMILES string of the molecule is O=C(CCCNc1ccc([N+](=O)[O-])cc1)Nc1cccc(C(F)(F)F)c1. The third-order valence-electron chi connectivity index (χ3n) is 3.46. The first-order chi connectivity index (χ1) is 12.3. The summed E-state index contributed by atoms with van der Waals surface area (Å²) >= 11 is 0. The van der Waals surface area contributed by atoms with E-state index in [9.17, 15) is 28.1 Å². The van der Waals surface area contributed by atoms with Gasteiger partial charge in [0.15, 0.2) is 0 Å². The van der Waals surface area contributed by atoms with Crippen LogP contribution in [0, 0.1) is 10.1 Å². The van der Waals surface area contributed by atoms with Crippen LogP contribution in [0.2, 0.25) is 0 Å². The molecular formula is C17H16F3N3O3. The van der Waals surface area contributed by atoms with Crippen molar-refractivity contribution in [1.82, 2.24) is 0 Å². The van der Waals surface area contributed by atoms with E-state index in [1.165, 1.54) is 24.3 Å². The number of benzene rings is 2. The molecule has 0 atom stereocenters. The maximum Gasteiger partial charge on any atom is 0.416 e. The molecule has 0 bridgehead atoms. The van der Waals surface area contributed by atoms with Crippen LogP contribution in [0.5, 0.6) is 0 Å². The van der Waals surface area contributed by atoms with Crippen molar-refractivity contribution < 1.29 is 22.9 Å². The molecule has 2 aromatic rings. The van der Waals surface area contributed by atoms with Crippen LogP contribution in [-0.4, -0.2) is 17.4 Å². The average molecular weight is 367 g/mol. The lowest BCUT2D eigenvalue weighted by Crippen LogP contribution is -2.14. The van der Waals surface area contributed by atoms with E-state index in [4.69, 9.17) is 0 Å². The fourth-order valence-corrected chi connectivity index (χ4v) is 2.18. The predicted molar refractivity (Wildman–Crippen MR) is 90.9 cm³/mol. The van der Waals surface area contributed by atoms with Crippen LogP contribution in [0.4, 0.5) is 30.2 Å². The Balaban J connectivity index is 1.76. The summed E-state index contributed by atoms with van der Waals surface area (Å²) in [5, 5.41) is 16.0. The summed E-state index contributed by atoms with van der Waals surface area (Å²) in [4.78, 5) is 21.9. The first kappa shape index (κ1) is 19.2. The Bertz CT molecular complexity index is 777. The lowest BCUT2D eigenvalue weighted by molar-refractivity contribution is -0.384. The second-order valence-corrected chi connectivity index (χ2v) is 5.46. The first-order valence-electron chi connectivity index (χ1n) is 7.71. The summed E-state index contributed by atoms with van der Waals surface area (Å²) in [6, 6.07) is 10.3. The second-order valence-electron chi connectivity index (χ2n) is 5.46. The molecule has 0 spiro atoms. The fraction of sp³-hybridized carbons (Fsp3) is 0.235. The number of nitro benzene ring substituents is 1. The van der Waals surface area contributed by atoms with Crippen LogP contribution in [0.1, 0.15) is 18.4 Å². The van der Waals surface area contributed by atoms with Gasteiger partial charge in [-0.3, -0.25) is 14.9 Å². The number of nitrogens with zero attached hydrogens (tertiary/aromatic N) is 1. The Morgan fingerprint density at radius 1 is 1.08 bits per heavy atom. The van der Waals surface area contributed by atoms with Crippen LogP contribution in [0.3, 0.4) is 0 Å². The Morgan fingerprint density at radius 2 is 1.77 bits per heavy atom. The molecule has 1 amide bonds. The molecule has 2 rings (SSSR count). The molecule has 2 N–H and O–H groups in total. The highest BCUT2D eigenvalue weighted by atomic mass is 19.4. The molecule has 138 valence electrons. The number of halogens is 3. The standard InChI is InChI=1S/C17H16F3N3O3/c18-17(19,20)12-3-1-4-14(11-12)22-16(24)5-2-10-21-13-6-8-15(9-7-13)23(25)26/h1,3-4,6-9,11,21H,2,5,10H2,(H,22,24). The van der Waals surface area contributed by atoms with Gasteiger partial charge in [0.2, 0.25) is 5.91 Å². The van der Waals surface area contributed by atoms with Crippen molar-refractivity contribution in [2.45, 2.75) is 19.0 Å². The highest BCUT2D eigenvalue weighted by Crippen LogP contribution is 2.30. The van der Waals surface area contributed by atoms with Crippen molar-refractivity contribution in [3.05, 3.63) is 64.2 Å². The topological polar surface area (TPSA) is 84.3 Å². The van der Waals surface area contributed by atoms with Gasteiger partial charge in [0.05, 0.1) is 10.5 Å². The highest BCUT2D eigenvalue weighted by Gasteiger charge is 2.30. The van der Waals surface area contributed by atoms with Gasteiger partial charge in [-0.15, -0.1) is 0 Å². The van der Waals surface area contributed by atoms with Crippen molar-refractivity contribution in [1.29, 1.82) is 0 Å². The van der Waals surface area contributed by atoms with Gasteiger partial charge >= 0.3 is 6.18 Å². The predicted octanol–water partition coefficient (Wildman–Crippen LogP) is 4.44. The number of carbonyl (C=O) groups is 1. The molecule has 0 saturated heterocycles. The van der Waals surface area contributed by atoms with E-state index in [1.54, 1.807) is 12.1 Å². The molecule has 2 aromatic carbocycles. The van der Waals surface area contributed by atoms with Gasteiger partial charge in [0.1, 0.15) is 0 Å². The molecule has 0 heterocycles. The minimum absolute atomic E-state index is 0.0176. The Labute approximate surface area is 147 Å². The fourth-order valence-electron chi connectivity index (χ4n) is 2.18. The number of nitro groups is 1. The van der Waals surface area contributed by atoms with Crippen LogP contribution in [0.25, 0.3) is 0 Å². The van der Waals surface area contributed by atoms with Crippen molar-refractivity contribution in [2.24, 2.45) is 0 Å². The normalized spacial score (nSPS) is 11.0. The number of hydrogen-bond acceptors (Lipinski definition) is 4. The van der Waals surface area contributed by atoms with Crippen LogP contribution < -0.4 is 10.6 Å². The first-order valence-corrected chi connectivity index (χ1v) is 7.71. The third-order valence-corrected chi connectivity index (χ3v) is 3.46. The highest BCUT2D eigenvalue weighted by molar-refractivity contribution is 5.90. The molecule has 0 aromatic heterocycles. The number of hydrogen-bond donors (Lipinski definition) is 2. The Morgan fingerprint density at radius 3 is 2.38 bits per heavy atom. The summed E-state index contributed by atoms with van der Waals surface area (Å²) in [6.45, 7) is 0.438. The van der Waals surface area contributed by atoms with E-state index in [-0.39, 0.29) is 17.8 Å². The van der Waals surface area contributed by atoms with Gasteiger partial charge in [-0.05, 0) is 36.8 Å². The number of carbonyl (C=O) groups excluding carboxylic acids is 1. The monoisotopic (exact) mass is 367 g/mol. The number of anilines is 2. The lowest BCUT2D eigenvalue weighted by atomic mass is 10.2. The molecule has 26 heavy (non-hydrogen) atoms. The maximum absolute atomic E-state index is 12.6. The summed E-state index contributed by atoms with van der Waals surface area (Å²) < 4.78 is 37.9.